The number of amides is 1. The molecule has 1 atom stereocenters. The zero-order valence-corrected chi connectivity index (χ0v) is 9.80. The quantitative estimate of drug-likeness (QED) is 0.517. The minimum absolute atomic E-state index is 0.123. The molecule has 0 aromatic heterocycles. The molecule has 0 fully saturated rings. The summed E-state index contributed by atoms with van der Waals surface area (Å²) in [5, 5.41) is 11.2. The molecule has 1 unspecified atom stereocenters. The first-order valence-corrected chi connectivity index (χ1v) is 4.98. The number of halogens is 1. The van der Waals surface area contributed by atoms with Gasteiger partial charge in [0.05, 0.1) is 19.1 Å². The van der Waals surface area contributed by atoms with Crippen molar-refractivity contribution in [3.05, 3.63) is 0 Å². The Morgan fingerprint density at radius 3 is 2.40 bits per heavy atom. The van der Waals surface area contributed by atoms with E-state index in [4.69, 9.17) is 16.7 Å². The zero-order valence-electron chi connectivity index (χ0n) is 9.04. The maximum absolute atomic E-state index is 11.6. The molecular formula is C9H16ClNO4. The van der Waals surface area contributed by atoms with Gasteiger partial charge in [-0.15, -0.1) is 11.6 Å². The van der Waals surface area contributed by atoms with Crippen LogP contribution in [0.1, 0.15) is 13.8 Å². The highest BCUT2D eigenvalue weighted by Crippen LogP contribution is 2.17. The molecule has 0 spiro atoms. The predicted molar refractivity (Wildman–Crippen MR) is 55.5 cm³/mol. The van der Waals surface area contributed by atoms with E-state index in [-0.39, 0.29) is 5.88 Å². The first-order valence-electron chi connectivity index (χ1n) is 4.44. The Bertz CT molecular complexity index is 242. The summed E-state index contributed by atoms with van der Waals surface area (Å²) in [6.07, 6.45) is 0. The molecule has 2 N–H and O–H groups in total. The molecule has 0 bridgehead atoms. The lowest BCUT2D eigenvalue weighted by atomic mass is 9.95. The number of aliphatic hydroxyl groups is 1. The molecule has 6 heteroatoms. The van der Waals surface area contributed by atoms with Crippen molar-refractivity contribution in [1.82, 2.24) is 5.32 Å². The Morgan fingerprint density at radius 1 is 1.53 bits per heavy atom. The van der Waals surface area contributed by atoms with Gasteiger partial charge < -0.3 is 15.2 Å². The van der Waals surface area contributed by atoms with E-state index < -0.39 is 29.9 Å². The first-order chi connectivity index (χ1) is 6.88. The average Bonchev–Trinajstić information content (AvgIpc) is 2.24. The fourth-order valence-electron chi connectivity index (χ4n) is 0.736. The topological polar surface area (TPSA) is 75.6 Å². The van der Waals surface area contributed by atoms with Crippen molar-refractivity contribution < 1.29 is 19.4 Å². The molecule has 0 rings (SSSR count). The summed E-state index contributed by atoms with van der Waals surface area (Å²) < 4.78 is 4.40. The molecule has 1 amide bonds. The van der Waals surface area contributed by atoms with Crippen molar-refractivity contribution in [2.75, 3.05) is 19.6 Å². The van der Waals surface area contributed by atoms with Crippen LogP contribution in [-0.2, 0) is 14.3 Å². The minimum Gasteiger partial charge on any atom is -0.467 e. The van der Waals surface area contributed by atoms with Crippen molar-refractivity contribution in [2.24, 2.45) is 5.41 Å². The van der Waals surface area contributed by atoms with Crippen LogP contribution in [0.5, 0.6) is 0 Å². The summed E-state index contributed by atoms with van der Waals surface area (Å²) in [5.74, 6) is -0.962. The Labute approximate surface area is 93.7 Å². The molecule has 15 heavy (non-hydrogen) atoms. The van der Waals surface area contributed by atoms with Gasteiger partial charge in [0, 0.05) is 5.88 Å². The van der Waals surface area contributed by atoms with E-state index in [1.807, 2.05) is 0 Å². The van der Waals surface area contributed by atoms with Crippen LogP contribution < -0.4 is 5.32 Å². The standard InChI is InChI=1S/C9H16ClNO4/c1-9(2,5-10)8(14)11-6(4-12)7(13)15-3/h6,12H,4-5H2,1-3H3,(H,11,14). The molecule has 0 heterocycles. The summed E-state index contributed by atoms with van der Waals surface area (Å²) in [5.41, 5.74) is -0.789. The number of nitrogens with one attached hydrogen (secondary N) is 1. The van der Waals surface area contributed by atoms with Crippen molar-refractivity contribution >= 4 is 23.5 Å². The van der Waals surface area contributed by atoms with Crippen molar-refractivity contribution in [3.8, 4) is 0 Å². The smallest absolute Gasteiger partial charge is 0.330 e. The summed E-state index contributed by atoms with van der Waals surface area (Å²) in [4.78, 5) is 22.6. The fraction of sp³-hybridized carbons (Fsp3) is 0.778. The van der Waals surface area contributed by atoms with E-state index in [1.54, 1.807) is 13.8 Å². The number of hydrogen-bond acceptors (Lipinski definition) is 4. The molecule has 88 valence electrons. The summed E-state index contributed by atoms with van der Waals surface area (Å²) in [6.45, 7) is 2.78. The molecule has 0 saturated heterocycles. The van der Waals surface area contributed by atoms with Gasteiger partial charge in [0.1, 0.15) is 0 Å². The van der Waals surface area contributed by atoms with Crippen LogP contribution in [0.4, 0.5) is 0 Å². The number of aliphatic hydroxyl groups excluding tert-OH is 1. The largest absolute Gasteiger partial charge is 0.467 e. The van der Waals surface area contributed by atoms with Crippen LogP contribution in [0.2, 0.25) is 0 Å². The lowest BCUT2D eigenvalue weighted by Gasteiger charge is -2.23. The predicted octanol–water partition coefficient (Wildman–Crippen LogP) is -0.0985. The number of methoxy groups -OCH3 is 1. The van der Waals surface area contributed by atoms with E-state index in [0.717, 1.165) is 0 Å². The molecule has 0 radical (unpaired) electrons. The van der Waals surface area contributed by atoms with Gasteiger partial charge in [-0.3, -0.25) is 4.79 Å². The molecule has 0 aromatic rings. The number of carbonyl (C=O) groups excluding carboxylic acids is 2. The molecule has 0 aromatic carbocycles. The zero-order chi connectivity index (χ0) is 12.1. The minimum atomic E-state index is -1.04. The SMILES string of the molecule is COC(=O)C(CO)NC(=O)C(C)(C)CCl. The van der Waals surface area contributed by atoms with E-state index in [1.165, 1.54) is 7.11 Å². The highest BCUT2D eigenvalue weighted by Gasteiger charge is 2.30. The van der Waals surface area contributed by atoms with Gasteiger partial charge in [0.2, 0.25) is 5.91 Å². The lowest BCUT2D eigenvalue weighted by Crippen LogP contribution is -2.49. The van der Waals surface area contributed by atoms with Gasteiger partial charge in [-0.05, 0) is 13.8 Å². The Kier molecular flexibility index (Phi) is 5.60. The third-order valence-electron chi connectivity index (χ3n) is 1.92. The van der Waals surface area contributed by atoms with Crippen molar-refractivity contribution in [2.45, 2.75) is 19.9 Å². The van der Waals surface area contributed by atoms with Crippen LogP contribution in [0.25, 0.3) is 0 Å². The maximum Gasteiger partial charge on any atom is 0.330 e. The molecule has 0 saturated carbocycles. The number of hydrogen-bond donors (Lipinski definition) is 2. The van der Waals surface area contributed by atoms with Crippen LogP contribution >= 0.6 is 11.6 Å². The maximum atomic E-state index is 11.6. The summed E-state index contributed by atoms with van der Waals surface area (Å²) in [7, 11) is 1.18. The Morgan fingerprint density at radius 2 is 2.07 bits per heavy atom. The highest BCUT2D eigenvalue weighted by atomic mass is 35.5. The molecule has 5 nitrogen and oxygen atoms in total. The van der Waals surface area contributed by atoms with Crippen LogP contribution in [0, 0.1) is 5.41 Å². The second-order valence-corrected chi connectivity index (χ2v) is 4.02. The molecule has 0 aliphatic carbocycles. The summed E-state index contributed by atoms with van der Waals surface area (Å²) >= 11 is 5.59. The van der Waals surface area contributed by atoms with Crippen LogP contribution in [0.3, 0.4) is 0 Å². The third kappa shape index (κ3) is 4.05. The first kappa shape index (κ1) is 14.2. The Balaban J connectivity index is 4.44. The fourth-order valence-corrected chi connectivity index (χ4v) is 0.857. The second-order valence-electron chi connectivity index (χ2n) is 3.75. The molecular weight excluding hydrogens is 222 g/mol. The van der Waals surface area contributed by atoms with Gasteiger partial charge in [0.15, 0.2) is 6.04 Å². The van der Waals surface area contributed by atoms with E-state index in [9.17, 15) is 9.59 Å². The van der Waals surface area contributed by atoms with Gasteiger partial charge in [-0.2, -0.15) is 0 Å². The number of esters is 1. The van der Waals surface area contributed by atoms with Gasteiger partial charge in [0.25, 0.3) is 0 Å². The van der Waals surface area contributed by atoms with Gasteiger partial charge in [-0.1, -0.05) is 0 Å². The van der Waals surface area contributed by atoms with Crippen molar-refractivity contribution in [3.63, 3.8) is 0 Å². The summed E-state index contributed by atoms with van der Waals surface area (Å²) in [6, 6.07) is -1.04. The van der Waals surface area contributed by atoms with Gasteiger partial charge >= 0.3 is 5.97 Å². The second kappa shape index (κ2) is 5.92. The molecule has 0 aliphatic heterocycles. The number of carbonyl (C=O) groups is 2. The van der Waals surface area contributed by atoms with Crippen molar-refractivity contribution in [1.29, 1.82) is 0 Å². The van der Waals surface area contributed by atoms with E-state index in [2.05, 4.69) is 10.1 Å². The highest BCUT2D eigenvalue weighted by molar-refractivity contribution is 6.19. The van der Waals surface area contributed by atoms with Gasteiger partial charge in [-0.25, -0.2) is 4.79 Å². The monoisotopic (exact) mass is 237 g/mol. The number of ether oxygens (including phenoxy) is 1. The van der Waals surface area contributed by atoms with Crippen LogP contribution in [0.15, 0.2) is 0 Å². The average molecular weight is 238 g/mol. The molecule has 0 aliphatic rings. The number of alkyl halides is 1. The lowest BCUT2D eigenvalue weighted by molar-refractivity contribution is -0.147. The van der Waals surface area contributed by atoms with E-state index in [0.29, 0.717) is 0 Å². The third-order valence-corrected chi connectivity index (χ3v) is 2.59. The van der Waals surface area contributed by atoms with Crippen LogP contribution in [-0.4, -0.2) is 42.6 Å². The Hall–Kier alpha value is -0.810. The number of rotatable bonds is 5. The van der Waals surface area contributed by atoms with E-state index >= 15 is 0 Å². The normalized spacial score (nSPS) is 13.1.